The molecule has 8 heteroatoms. The molecular weight excluding hydrogens is 508 g/mol. The highest BCUT2D eigenvalue weighted by atomic mass is 16.6. The number of aliphatic imine (C=N–C) groups is 1. The summed E-state index contributed by atoms with van der Waals surface area (Å²) in [6.45, 7) is 14.2. The van der Waals surface area contributed by atoms with Gasteiger partial charge in [0.1, 0.15) is 17.2 Å². The fourth-order valence-electron chi connectivity index (χ4n) is 4.30. The Balaban J connectivity index is 3.77. The average Bonchev–Trinajstić information content (AvgIpc) is 2.83. The molecule has 0 saturated heterocycles. The van der Waals surface area contributed by atoms with Crippen molar-refractivity contribution < 1.29 is 28.7 Å². The molecule has 0 heterocycles. The first-order valence-corrected chi connectivity index (χ1v) is 15.5. The smallest absolute Gasteiger partial charge is 0.329 e. The summed E-state index contributed by atoms with van der Waals surface area (Å²) in [4.78, 5) is 51.4. The van der Waals surface area contributed by atoms with Gasteiger partial charge in [-0.3, -0.25) is 14.4 Å². The molecule has 0 aromatic heterocycles. The molecule has 0 aliphatic heterocycles. The third kappa shape index (κ3) is 24.8. The standard InChI is InChI=1S/C32H58N2O6/c1-31(2,3)39-29(37)23-21-19-17-15-13-11-9-8-10-12-14-16-18-20-22-28(36)34-26(24-25-27(35)33-7)30(38)40-32(4,5)6/h26H,7-25H2,1-6H3,(H,34,36)/t26-/m0/s1. The number of amides is 2. The Kier molecular flexibility index (Phi) is 20.3. The highest BCUT2D eigenvalue weighted by Crippen LogP contribution is 2.16. The summed E-state index contributed by atoms with van der Waals surface area (Å²) in [6, 6.07) is -0.860. The summed E-state index contributed by atoms with van der Waals surface area (Å²) in [6.07, 6.45) is 17.1. The van der Waals surface area contributed by atoms with Gasteiger partial charge in [-0.2, -0.15) is 0 Å². The van der Waals surface area contributed by atoms with Gasteiger partial charge in [0.05, 0.1) is 0 Å². The molecule has 1 N–H and O–H groups in total. The Labute approximate surface area is 243 Å². The molecule has 8 nitrogen and oxygen atoms in total. The number of unbranched alkanes of at least 4 members (excludes halogenated alkanes) is 13. The lowest BCUT2D eigenvalue weighted by molar-refractivity contribution is -0.159. The lowest BCUT2D eigenvalue weighted by Crippen LogP contribution is -2.44. The number of esters is 2. The molecular formula is C32H58N2O6. The summed E-state index contributed by atoms with van der Waals surface area (Å²) >= 11 is 0. The van der Waals surface area contributed by atoms with E-state index in [2.05, 4.69) is 17.0 Å². The Morgan fingerprint density at radius 1 is 0.625 bits per heavy atom. The largest absolute Gasteiger partial charge is 0.460 e. The number of carbonyl (C=O) groups is 4. The number of nitrogens with one attached hydrogen (secondary N) is 1. The molecule has 0 fully saturated rings. The van der Waals surface area contributed by atoms with Crippen LogP contribution in [0.4, 0.5) is 0 Å². The van der Waals surface area contributed by atoms with E-state index in [0.717, 1.165) is 32.1 Å². The zero-order valence-electron chi connectivity index (χ0n) is 26.4. The van der Waals surface area contributed by atoms with E-state index in [4.69, 9.17) is 9.47 Å². The van der Waals surface area contributed by atoms with Gasteiger partial charge < -0.3 is 14.8 Å². The summed E-state index contributed by atoms with van der Waals surface area (Å²) in [5.41, 5.74) is -1.06. The van der Waals surface area contributed by atoms with Gasteiger partial charge >= 0.3 is 11.9 Å². The average molecular weight is 567 g/mol. The van der Waals surface area contributed by atoms with E-state index in [1.54, 1.807) is 20.8 Å². The molecule has 0 saturated carbocycles. The second-order valence-electron chi connectivity index (χ2n) is 12.8. The molecule has 0 radical (unpaired) electrons. The van der Waals surface area contributed by atoms with Crippen LogP contribution in [0, 0.1) is 0 Å². The molecule has 0 aliphatic rings. The third-order valence-electron chi connectivity index (χ3n) is 6.30. The van der Waals surface area contributed by atoms with Crippen molar-refractivity contribution in [2.75, 3.05) is 0 Å². The van der Waals surface area contributed by atoms with Crippen molar-refractivity contribution in [3.8, 4) is 0 Å². The van der Waals surface area contributed by atoms with E-state index in [1.807, 2.05) is 20.8 Å². The first-order chi connectivity index (χ1) is 18.7. The van der Waals surface area contributed by atoms with Crippen LogP contribution in [0.3, 0.4) is 0 Å². The van der Waals surface area contributed by atoms with Gasteiger partial charge in [-0.15, -0.1) is 0 Å². The predicted molar refractivity (Wildman–Crippen MR) is 161 cm³/mol. The van der Waals surface area contributed by atoms with E-state index in [9.17, 15) is 19.2 Å². The van der Waals surface area contributed by atoms with Crippen molar-refractivity contribution in [2.24, 2.45) is 4.99 Å². The first-order valence-electron chi connectivity index (χ1n) is 15.5. The quantitative estimate of drug-likeness (QED) is 0.0830. The van der Waals surface area contributed by atoms with Gasteiger partial charge in [0.2, 0.25) is 11.8 Å². The van der Waals surface area contributed by atoms with Crippen LogP contribution in [-0.4, -0.2) is 47.7 Å². The Hall–Kier alpha value is -2.25. The van der Waals surface area contributed by atoms with Crippen LogP contribution in [0.2, 0.25) is 0 Å². The highest BCUT2D eigenvalue weighted by molar-refractivity contribution is 5.86. The lowest BCUT2D eigenvalue weighted by Gasteiger charge is -2.24. The van der Waals surface area contributed by atoms with Crippen molar-refractivity contribution in [1.29, 1.82) is 0 Å². The molecule has 2 amide bonds. The second-order valence-corrected chi connectivity index (χ2v) is 12.8. The minimum Gasteiger partial charge on any atom is -0.460 e. The van der Waals surface area contributed by atoms with Crippen molar-refractivity contribution in [1.82, 2.24) is 5.32 Å². The number of ether oxygens (including phenoxy) is 2. The van der Waals surface area contributed by atoms with E-state index in [1.165, 1.54) is 57.8 Å². The third-order valence-corrected chi connectivity index (χ3v) is 6.30. The number of nitrogens with zero attached hydrogens (tertiary/aromatic N) is 1. The van der Waals surface area contributed by atoms with Crippen molar-refractivity contribution in [3.05, 3.63) is 0 Å². The summed E-state index contributed by atoms with van der Waals surface area (Å²) in [7, 11) is 0. The van der Waals surface area contributed by atoms with E-state index in [0.29, 0.717) is 12.8 Å². The van der Waals surface area contributed by atoms with Crippen LogP contribution in [0.25, 0.3) is 0 Å². The number of rotatable bonds is 22. The number of hydrogen-bond donors (Lipinski definition) is 1. The van der Waals surface area contributed by atoms with E-state index >= 15 is 0 Å². The Bertz CT molecular complexity index is 751. The van der Waals surface area contributed by atoms with Gasteiger partial charge in [-0.05, 0) is 67.5 Å². The molecule has 0 aromatic carbocycles. The highest BCUT2D eigenvalue weighted by Gasteiger charge is 2.27. The molecule has 0 aliphatic carbocycles. The fourth-order valence-corrected chi connectivity index (χ4v) is 4.30. The molecule has 40 heavy (non-hydrogen) atoms. The second kappa shape index (κ2) is 21.5. The number of carbonyl (C=O) groups excluding carboxylic acids is 4. The Morgan fingerprint density at radius 2 is 1.02 bits per heavy atom. The van der Waals surface area contributed by atoms with Crippen LogP contribution < -0.4 is 5.32 Å². The fraction of sp³-hybridized carbons (Fsp3) is 0.844. The molecule has 0 unspecified atom stereocenters. The monoisotopic (exact) mass is 566 g/mol. The minimum absolute atomic E-state index is 0.0328. The summed E-state index contributed by atoms with van der Waals surface area (Å²) in [5, 5.41) is 2.73. The van der Waals surface area contributed by atoms with Gasteiger partial charge in [0.15, 0.2) is 0 Å². The molecule has 0 bridgehead atoms. The maximum Gasteiger partial charge on any atom is 0.329 e. The SMILES string of the molecule is C=NC(=O)CC[C@H](NC(=O)CCCCCCCCCCCCCCCCC(=O)OC(C)(C)C)C(=O)OC(C)(C)C. The molecule has 0 rings (SSSR count). The van der Waals surface area contributed by atoms with Crippen molar-refractivity contribution in [2.45, 2.75) is 174 Å². The Morgan fingerprint density at radius 3 is 1.43 bits per heavy atom. The van der Waals surface area contributed by atoms with Gasteiger partial charge in [-0.25, -0.2) is 9.79 Å². The molecule has 0 spiro atoms. The van der Waals surface area contributed by atoms with E-state index in [-0.39, 0.29) is 30.3 Å². The van der Waals surface area contributed by atoms with Gasteiger partial charge in [-0.1, -0.05) is 77.0 Å². The zero-order valence-corrected chi connectivity index (χ0v) is 26.4. The lowest BCUT2D eigenvalue weighted by atomic mass is 10.0. The molecule has 232 valence electrons. The van der Waals surface area contributed by atoms with Crippen molar-refractivity contribution >= 4 is 30.5 Å². The summed E-state index contributed by atoms with van der Waals surface area (Å²) < 4.78 is 10.7. The summed E-state index contributed by atoms with van der Waals surface area (Å²) in [5.74, 6) is -1.23. The van der Waals surface area contributed by atoms with Gasteiger partial charge in [0, 0.05) is 19.3 Å². The maximum atomic E-state index is 12.5. The first kappa shape index (κ1) is 37.8. The molecule has 1 atom stereocenters. The van der Waals surface area contributed by atoms with Crippen LogP contribution in [0.1, 0.15) is 157 Å². The maximum absolute atomic E-state index is 12.5. The van der Waals surface area contributed by atoms with E-state index < -0.39 is 23.5 Å². The van der Waals surface area contributed by atoms with Crippen molar-refractivity contribution in [3.63, 3.8) is 0 Å². The van der Waals surface area contributed by atoms with Crippen LogP contribution in [0.5, 0.6) is 0 Å². The normalized spacial score (nSPS) is 12.4. The zero-order chi connectivity index (χ0) is 30.4. The topological polar surface area (TPSA) is 111 Å². The van der Waals surface area contributed by atoms with Gasteiger partial charge in [0.25, 0.3) is 0 Å². The van der Waals surface area contributed by atoms with Crippen LogP contribution >= 0.6 is 0 Å². The van der Waals surface area contributed by atoms with Crippen LogP contribution in [-0.2, 0) is 28.7 Å². The molecule has 0 aromatic rings. The number of hydrogen-bond acceptors (Lipinski definition) is 6. The minimum atomic E-state index is -0.860. The van der Waals surface area contributed by atoms with Crippen LogP contribution in [0.15, 0.2) is 4.99 Å². The predicted octanol–water partition coefficient (Wildman–Crippen LogP) is 7.40.